The smallest absolute Gasteiger partial charge is 0.446 e. The molecule has 7 heteroatoms. The first-order chi connectivity index (χ1) is 7.81. The van der Waals surface area contributed by atoms with Gasteiger partial charge < -0.3 is 4.74 Å². The van der Waals surface area contributed by atoms with Crippen LogP contribution in [0, 0.1) is 3.57 Å². The molecular formula is C10H8F3IO2S. The van der Waals surface area contributed by atoms with E-state index in [-0.39, 0.29) is 28.8 Å². The van der Waals surface area contributed by atoms with Crippen LogP contribution in [0.15, 0.2) is 23.1 Å². The van der Waals surface area contributed by atoms with Gasteiger partial charge in [-0.15, -0.1) is 0 Å². The number of rotatable bonds is 3. The molecule has 0 aliphatic heterocycles. The van der Waals surface area contributed by atoms with E-state index in [0.29, 0.717) is 3.57 Å². The summed E-state index contributed by atoms with van der Waals surface area (Å²) in [6, 6.07) is 4.03. The molecule has 17 heavy (non-hydrogen) atoms. The molecule has 1 aromatic rings. The zero-order valence-electron chi connectivity index (χ0n) is 8.68. The lowest BCUT2D eigenvalue weighted by Gasteiger charge is -2.08. The second-order valence-corrected chi connectivity index (χ2v) is 5.33. The normalized spacial score (nSPS) is 11.4. The molecule has 0 heterocycles. The summed E-state index contributed by atoms with van der Waals surface area (Å²) in [6.07, 6.45) is 0. The van der Waals surface area contributed by atoms with Gasteiger partial charge in [-0.25, -0.2) is 4.79 Å². The van der Waals surface area contributed by atoms with Crippen LogP contribution in [0.1, 0.15) is 17.3 Å². The minimum absolute atomic E-state index is 0.0209. The van der Waals surface area contributed by atoms with E-state index in [2.05, 4.69) is 0 Å². The van der Waals surface area contributed by atoms with Gasteiger partial charge in [0.2, 0.25) is 0 Å². The highest BCUT2D eigenvalue weighted by molar-refractivity contribution is 14.1. The number of benzene rings is 1. The van der Waals surface area contributed by atoms with Crippen molar-refractivity contribution in [2.45, 2.75) is 17.3 Å². The van der Waals surface area contributed by atoms with Crippen LogP contribution in [-0.4, -0.2) is 18.1 Å². The number of ether oxygens (including phenoxy) is 1. The summed E-state index contributed by atoms with van der Waals surface area (Å²) in [5.74, 6) is -0.616. The van der Waals surface area contributed by atoms with Crippen LogP contribution in [0.5, 0.6) is 0 Å². The molecule has 94 valence electrons. The molecule has 0 bridgehead atoms. The molecule has 0 saturated carbocycles. The Morgan fingerprint density at radius 1 is 1.41 bits per heavy atom. The van der Waals surface area contributed by atoms with Crippen molar-refractivity contribution in [3.8, 4) is 0 Å². The first-order valence-electron chi connectivity index (χ1n) is 4.55. The summed E-state index contributed by atoms with van der Waals surface area (Å²) >= 11 is 1.61. The van der Waals surface area contributed by atoms with E-state index < -0.39 is 11.5 Å². The summed E-state index contributed by atoms with van der Waals surface area (Å²) in [6.45, 7) is 1.82. The monoisotopic (exact) mass is 376 g/mol. The van der Waals surface area contributed by atoms with Crippen molar-refractivity contribution >= 4 is 40.3 Å². The standard InChI is InChI=1S/C10H8F3IO2S/c1-2-16-9(15)6-3-7(14)5-8(4-6)17-10(11,12)13/h3-5H,2H2,1H3. The van der Waals surface area contributed by atoms with Gasteiger partial charge in [0.05, 0.1) is 12.2 Å². The van der Waals surface area contributed by atoms with E-state index in [9.17, 15) is 18.0 Å². The molecule has 0 aromatic heterocycles. The molecule has 1 aromatic carbocycles. The number of esters is 1. The van der Waals surface area contributed by atoms with Crippen molar-refractivity contribution < 1.29 is 22.7 Å². The van der Waals surface area contributed by atoms with Gasteiger partial charge >= 0.3 is 11.5 Å². The molecule has 0 saturated heterocycles. The van der Waals surface area contributed by atoms with Gasteiger partial charge in [-0.2, -0.15) is 13.2 Å². The lowest BCUT2D eigenvalue weighted by Crippen LogP contribution is -2.06. The molecular weight excluding hydrogens is 368 g/mol. The number of carbonyl (C=O) groups is 1. The van der Waals surface area contributed by atoms with Crippen LogP contribution in [0.3, 0.4) is 0 Å². The van der Waals surface area contributed by atoms with Gasteiger partial charge in [-0.05, 0) is 59.5 Å². The first kappa shape index (κ1) is 14.6. The predicted octanol–water partition coefficient (Wildman–Crippen LogP) is 4.08. The van der Waals surface area contributed by atoms with E-state index in [1.54, 1.807) is 6.92 Å². The number of thioether (sulfide) groups is 1. The lowest BCUT2D eigenvalue weighted by molar-refractivity contribution is -0.0328. The van der Waals surface area contributed by atoms with Crippen molar-refractivity contribution in [2.24, 2.45) is 0 Å². The fourth-order valence-electron chi connectivity index (χ4n) is 1.09. The topological polar surface area (TPSA) is 26.3 Å². The highest BCUT2D eigenvalue weighted by atomic mass is 127. The Hall–Kier alpha value is -0.440. The van der Waals surface area contributed by atoms with E-state index in [1.807, 2.05) is 22.6 Å². The molecule has 1 rings (SSSR count). The fraction of sp³-hybridized carbons (Fsp3) is 0.300. The molecule has 0 aliphatic carbocycles. The Kier molecular flexibility index (Phi) is 5.11. The van der Waals surface area contributed by atoms with Crippen LogP contribution < -0.4 is 0 Å². The van der Waals surface area contributed by atoms with E-state index in [4.69, 9.17) is 4.74 Å². The summed E-state index contributed by atoms with van der Waals surface area (Å²) < 4.78 is 41.9. The van der Waals surface area contributed by atoms with Crippen LogP contribution in [0.4, 0.5) is 13.2 Å². The van der Waals surface area contributed by atoms with Crippen molar-refractivity contribution in [3.05, 3.63) is 27.3 Å². The number of halogens is 4. The SMILES string of the molecule is CCOC(=O)c1cc(I)cc(SC(F)(F)F)c1. The minimum atomic E-state index is -4.36. The van der Waals surface area contributed by atoms with Crippen molar-refractivity contribution in [2.75, 3.05) is 6.61 Å². The molecule has 0 amide bonds. The quantitative estimate of drug-likeness (QED) is 0.452. The summed E-state index contributed by atoms with van der Waals surface area (Å²) in [4.78, 5) is 11.4. The van der Waals surface area contributed by atoms with E-state index in [0.717, 1.165) is 0 Å². The maximum absolute atomic E-state index is 12.2. The third kappa shape index (κ3) is 5.15. The Bertz CT molecular complexity index is 421. The van der Waals surface area contributed by atoms with Gasteiger partial charge in [0, 0.05) is 8.47 Å². The average molecular weight is 376 g/mol. The van der Waals surface area contributed by atoms with Gasteiger partial charge in [0.15, 0.2) is 0 Å². The third-order valence-electron chi connectivity index (χ3n) is 1.62. The van der Waals surface area contributed by atoms with Crippen molar-refractivity contribution in [1.29, 1.82) is 0 Å². The van der Waals surface area contributed by atoms with Crippen molar-refractivity contribution in [3.63, 3.8) is 0 Å². The van der Waals surface area contributed by atoms with E-state index >= 15 is 0 Å². The highest BCUT2D eigenvalue weighted by Crippen LogP contribution is 2.37. The molecule has 0 fully saturated rings. The molecule has 0 spiro atoms. The third-order valence-corrected chi connectivity index (χ3v) is 2.94. The Labute approximate surface area is 114 Å². The summed E-state index contributed by atoms with van der Waals surface area (Å²) in [7, 11) is 0. The van der Waals surface area contributed by atoms with Gasteiger partial charge in [-0.3, -0.25) is 0 Å². The first-order valence-corrected chi connectivity index (χ1v) is 6.45. The Morgan fingerprint density at radius 3 is 2.59 bits per heavy atom. The molecule has 0 unspecified atom stereocenters. The number of hydrogen-bond donors (Lipinski definition) is 0. The predicted molar refractivity (Wildman–Crippen MR) is 67.0 cm³/mol. The van der Waals surface area contributed by atoms with Gasteiger partial charge in [0.1, 0.15) is 0 Å². The molecule has 0 atom stereocenters. The largest absolute Gasteiger partial charge is 0.462 e. The summed E-state index contributed by atoms with van der Waals surface area (Å²) in [5.41, 5.74) is -4.23. The maximum Gasteiger partial charge on any atom is 0.446 e. The average Bonchev–Trinajstić information content (AvgIpc) is 2.14. The minimum Gasteiger partial charge on any atom is -0.462 e. The van der Waals surface area contributed by atoms with Crippen LogP contribution in [0.2, 0.25) is 0 Å². The molecule has 0 radical (unpaired) electrons. The lowest BCUT2D eigenvalue weighted by atomic mass is 10.2. The van der Waals surface area contributed by atoms with Gasteiger partial charge in [-0.1, -0.05) is 0 Å². The maximum atomic E-state index is 12.2. The zero-order valence-corrected chi connectivity index (χ0v) is 11.6. The summed E-state index contributed by atoms with van der Waals surface area (Å²) in [5, 5.41) is 0. The van der Waals surface area contributed by atoms with Crippen LogP contribution in [0.25, 0.3) is 0 Å². The Balaban J connectivity index is 2.98. The number of hydrogen-bond acceptors (Lipinski definition) is 3. The second kappa shape index (κ2) is 5.94. The van der Waals surface area contributed by atoms with Crippen LogP contribution in [-0.2, 0) is 4.74 Å². The number of carbonyl (C=O) groups excluding carboxylic acids is 1. The Morgan fingerprint density at radius 2 is 2.06 bits per heavy atom. The van der Waals surface area contributed by atoms with Crippen LogP contribution >= 0.6 is 34.4 Å². The molecule has 0 aliphatic rings. The van der Waals surface area contributed by atoms with Gasteiger partial charge in [0.25, 0.3) is 0 Å². The highest BCUT2D eigenvalue weighted by Gasteiger charge is 2.29. The molecule has 0 N–H and O–H groups in total. The van der Waals surface area contributed by atoms with Crippen molar-refractivity contribution in [1.82, 2.24) is 0 Å². The second-order valence-electron chi connectivity index (χ2n) is 2.94. The zero-order chi connectivity index (χ0) is 13.1. The fourth-order valence-corrected chi connectivity index (χ4v) is 2.61. The van der Waals surface area contributed by atoms with E-state index in [1.165, 1.54) is 18.2 Å². The molecule has 2 nitrogen and oxygen atoms in total. The number of alkyl halides is 3.